The summed E-state index contributed by atoms with van der Waals surface area (Å²) >= 11 is 5.76. The van der Waals surface area contributed by atoms with Gasteiger partial charge in [-0.3, -0.25) is 4.79 Å². The highest BCUT2D eigenvalue weighted by Gasteiger charge is 2.19. The Kier molecular flexibility index (Phi) is 4.82. The Morgan fingerprint density at radius 3 is 2.41 bits per heavy atom. The summed E-state index contributed by atoms with van der Waals surface area (Å²) in [5.41, 5.74) is 0.198. The summed E-state index contributed by atoms with van der Waals surface area (Å²) < 4.78 is 5.31. The second-order valence-corrected chi connectivity index (χ2v) is 4.70. The molecule has 94 valence electrons. The fourth-order valence-corrected chi connectivity index (χ4v) is 1.35. The maximum Gasteiger partial charge on any atom is 0.251 e. The molecule has 3 nitrogen and oxygen atoms in total. The van der Waals surface area contributed by atoms with Crippen molar-refractivity contribution < 1.29 is 9.53 Å². The molecule has 1 amide bonds. The van der Waals surface area contributed by atoms with Crippen molar-refractivity contribution in [3.63, 3.8) is 0 Å². The average molecular weight is 256 g/mol. The molecule has 0 bridgehead atoms. The largest absolute Gasteiger partial charge is 0.494 e. The highest BCUT2D eigenvalue weighted by molar-refractivity contribution is 6.18. The third-order valence-electron chi connectivity index (χ3n) is 2.21. The maximum atomic E-state index is 11.9. The van der Waals surface area contributed by atoms with Crippen LogP contribution >= 0.6 is 11.6 Å². The van der Waals surface area contributed by atoms with Crippen molar-refractivity contribution in [2.75, 3.05) is 12.5 Å². The number of rotatable bonds is 5. The third kappa shape index (κ3) is 4.27. The van der Waals surface area contributed by atoms with Crippen molar-refractivity contribution in [2.24, 2.45) is 0 Å². The van der Waals surface area contributed by atoms with E-state index >= 15 is 0 Å². The van der Waals surface area contributed by atoms with Gasteiger partial charge in [0.15, 0.2) is 0 Å². The molecule has 17 heavy (non-hydrogen) atoms. The average Bonchev–Trinajstić information content (AvgIpc) is 2.30. The molecule has 0 aliphatic heterocycles. The third-order valence-corrected chi connectivity index (χ3v) is 2.88. The number of hydrogen-bond donors (Lipinski definition) is 1. The molecule has 0 aliphatic rings. The summed E-state index contributed by atoms with van der Waals surface area (Å²) in [6.45, 7) is 6.30. The van der Waals surface area contributed by atoms with E-state index in [1.807, 2.05) is 20.8 Å². The van der Waals surface area contributed by atoms with Gasteiger partial charge in [0.2, 0.25) is 0 Å². The van der Waals surface area contributed by atoms with Crippen LogP contribution in [0, 0.1) is 0 Å². The summed E-state index contributed by atoms with van der Waals surface area (Å²) in [5.74, 6) is 1.01. The lowest BCUT2D eigenvalue weighted by molar-refractivity contribution is 0.0920. The molecule has 0 aromatic heterocycles. The van der Waals surface area contributed by atoms with Gasteiger partial charge in [0, 0.05) is 17.0 Å². The molecule has 0 unspecified atom stereocenters. The number of halogens is 1. The first-order chi connectivity index (χ1) is 7.98. The minimum absolute atomic E-state index is 0.126. The second-order valence-electron chi connectivity index (χ2n) is 4.43. The fraction of sp³-hybridized carbons (Fsp3) is 0.462. The van der Waals surface area contributed by atoms with Gasteiger partial charge in [-0.15, -0.1) is 11.6 Å². The predicted molar refractivity (Wildman–Crippen MR) is 69.9 cm³/mol. The van der Waals surface area contributed by atoms with Crippen LogP contribution in [0.1, 0.15) is 31.1 Å². The van der Waals surface area contributed by atoms with Crippen LogP contribution in [0.15, 0.2) is 24.3 Å². The SMILES string of the molecule is CCOc1ccc(C(=O)NC(C)(C)CCl)cc1. The molecule has 4 heteroatoms. The highest BCUT2D eigenvalue weighted by atomic mass is 35.5. The molecular weight excluding hydrogens is 238 g/mol. The van der Waals surface area contributed by atoms with Crippen LogP contribution in [-0.2, 0) is 0 Å². The van der Waals surface area contributed by atoms with Gasteiger partial charge in [-0.1, -0.05) is 0 Å². The van der Waals surface area contributed by atoms with Gasteiger partial charge in [-0.2, -0.15) is 0 Å². The fourth-order valence-electron chi connectivity index (χ4n) is 1.28. The lowest BCUT2D eigenvalue weighted by Crippen LogP contribution is -2.44. The molecule has 1 aromatic rings. The molecule has 0 radical (unpaired) electrons. The Labute approximate surface area is 107 Å². The molecule has 0 spiro atoms. The van der Waals surface area contributed by atoms with Gasteiger partial charge in [0.05, 0.1) is 6.61 Å². The molecule has 0 heterocycles. The van der Waals surface area contributed by atoms with Gasteiger partial charge in [-0.05, 0) is 45.0 Å². The first-order valence-corrected chi connectivity index (χ1v) is 6.13. The number of carbonyl (C=O) groups excluding carboxylic acids is 1. The lowest BCUT2D eigenvalue weighted by atomic mass is 10.1. The van der Waals surface area contributed by atoms with E-state index in [9.17, 15) is 4.79 Å². The summed E-state index contributed by atoms with van der Waals surface area (Å²) in [7, 11) is 0. The van der Waals surface area contributed by atoms with Crippen molar-refractivity contribution in [1.29, 1.82) is 0 Å². The summed E-state index contributed by atoms with van der Waals surface area (Å²) in [6, 6.07) is 7.05. The lowest BCUT2D eigenvalue weighted by Gasteiger charge is -2.23. The molecule has 0 saturated carbocycles. The number of ether oxygens (including phenoxy) is 1. The Balaban J connectivity index is 2.70. The van der Waals surface area contributed by atoms with Crippen molar-refractivity contribution in [2.45, 2.75) is 26.3 Å². The number of amides is 1. The van der Waals surface area contributed by atoms with E-state index in [0.29, 0.717) is 18.1 Å². The Morgan fingerprint density at radius 1 is 1.35 bits per heavy atom. The van der Waals surface area contributed by atoms with E-state index in [1.165, 1.54) is 0 Å². The molecule has 0 saturated heterocycles. The van der Waals surface area contributed by atoms with Crippen LogP contribution in [0.25, 0.3) is 0 Å². The zero-order valence-electron chi connectivity index (χ0n) is 10.4. The smallest absolute Gasteiger partial charge is 0.251 e. The van der Waals surface area contributed by atoms with Crippen LogP contribution in [0.2, 0.25) is 0 Å². The van der Waals surface area contributed by atoms with E-state index in [0.717, 1.165) is 5.75 Å². The quantitative estimate of drug-likeness (QED) is 0.822. The summed E-state index contributed by atoms with van der Waals surface area (Å²) in [6.07, 6.45) is 0. The first-order valence-electron chi connectivity index (χ1n) is 5.60. The Bertz CT molecular complexity index is 374. The van der Waals surface area contributed by atoms with Gasteiger partial charge >= 0.3 is 0 Å². The van der Waals surface area contributed by atoms with E-state index in [2.05, 4.69) is 5.32 Å². The Hall–Kier alpha value is -1.22. The highest BCUT2D eigenvalue weighted by Crippen LogP contribution is 2.13. The number of hydrogen-bond acceptors (Lipinski definition) is 2. The van der Waals surface area contributed by atoms with E-state index in [-0.39, 0.29) is 5.91 Å². The van der Waals surface area contributed by atoms with Crippen LogP contribution in [0.5, 0.6) is 5.75 Å². The molecular formula is C13H18ClNO2. The number of nitrogens with one attached hydrogen (secondary N) is 1. The zero-order chi connectivity index (χ0) is 12.9. The van der Waals surface area contributed by atoms with Crippen molar-refractivity contribution in [3.05, 3.63) is 29.8 Å². The molecule has 1 aromatic carbocycles. The van der Waals surface area contributed by atoms with Crippen LogP contribution in [0.4, 0.5) is 0 Å². The summed E-state index contributed by atoms with van der Waals surface area (Å²) in [4.78, 5) is 11.9. The second kappa shape index (κ2) is 5.92. The topological polar surface area (TPSA) is 38.3 Å². The van der Waals surface area contributed by atoms with E-state index in [4.69, 9.17) is 16.3 Å². The van der Waals surface area contributed by atoms with Crippen LogP contribution < -0.4 is 10.1 Å². The first kappa shape index (κ1) is 13.8. The molecule has 1 N–H and O–H groups in total. The van der Waals surface area contributed by atoms with Gasteiger partial charge in [0.1, 0.15) is 5.75 Å². The molecule has 0 fully saturated rings. The summed E-state index contributed by atoms with van der Waals surface area (Å²) in [5, 5.41) is 2.86. The molecule has 0 aliphatic carbocycles. The normalized spacial score (nSPS) is 11.1. The van der Waals surface area contributed by atoms with Gasteiger partial charge < -0.3 is 10.1 Å². The van der Waals surface area contributed by atoms with E-state index < -0.39 is 5.54 Å². The Morgan fingerprint density at radius 2 is 1.94 bits per heavy atom. The number of carbonyl (C=O) groups is 1. The van der Waals surface area contributed by atoms with Gasteiger partial charge in [0.25, 0.3) is 5.91 Å². The minimum atomic E-state index is -0.406. The standard InChI is InChI=1S/C13H18ClNO2/c1-4-17-11-7-5-10(6-8-11)12(16)15-13(2,3)9-14/h5-8H,4,9H2,1-3H3,(H,15,16). The minimum Gasteiger partial charge on any atom is -0.494 e. The van der Waals surface area contributed by atoms with Gasteiger partial charge in [-0.25, -0.2) is 0 Å². The predicted octanol–water partition coefficient (Wildman–Crippen LogP) is 2.83. The maximum absolute atomic E-state index is 11.9. The molecule has 1 rings (SSSR count). The van der Waals surface area contributed by atoms with Crippen LogP contribution in [-0.4, -0.2) is 23.9 Å². The zero-order valence-corrected chi connectivity index (χ0v) is 11.2. The molecule has 0 atom stereocenters. The monoisotopic (exact) mass is 255 g/mol. The van der Waals surface area contributed by atoms with Crippen molar-refractivity contribution in [1.82, 2.24) is 5.32 Å². The van der Waals surface area contributed by atoms with Crippen LogP contribution in [0.3, 0.4) is 0 Å². The number of alkyl halides is 1. The van der Waals surface area contributed by atoms with Crippen molar-refractivity contribution in [3.8, 4) is 5.75 Å². The number of benzene rings is 1. The van der Waals surface area contributed by atoms with Crippen molar-refractivity contribution >= 4 is 17.5 Å². The van der Waals surface area contributed by atoms with E-state index in [1.54, 1.807) is 24.3 Å².